The fourth-order valence-corrected chi connectivity index (χ4v) is 5.94. The second kappa shape index (κ2) is 33.0. The monoisotopic (exact) mass is 826 g/mol. The van der Waals surface area contributed by atoms with Gasteiger partial charge in [0, 0.05) is 12.8 Å². The van der Waals surface area contributed by atoms with Crippen molar-refractivity contribution >= 4 is 27.6 Å². The van der Waals surface area contributed by atoms with Crippen LogP contribution in [0, 0.1) is 5.92 Å². The van der Waals surface area contributed by atoms with Crippen LogP contribution in [0.15, 0.2) is 48.6 Å². The van der Waals surface area contributed by atoms with Gasteiger partial charge in [0.05, 0.1) is 32.0 Å². The molecule has 0 aliphatic heterocycles. The maximum Gasteiger partial charge on any atom is 0.472 e. The van der Waals surface area contributed by atoms with Gasteiger partial charge >= 0.3 is 27.6 Å². The second-order valence-corrected chi connectivity index (χ2v) is 16.4. The molecule has 0 saturated heterocycles. The fraction of sp³-hybridized carbons (Fsp3) is 0.737. The molecule has 0 saturated carbocycles. The maximum atomic E-state index is 12.6. The van der Waals surface area contributed by atoms with Crippen molar-refractivity contribution in [3.63, 3.8) is 0 Å². The van der Waals surface area contributed by atoms with Crippen LogP contribution in [0.4, 0.5) is 0 Å². The summed E-state index contributed by atoms with van der Waals surface area (Å²) in [5, 5.41) is 30.0. The quantitative estimate of drug-likeness (QED) is 0.0125. The van der Waals surface area contributed by atoms with Gasteiger partial charge in [0.15, 0.2) is 6.10 Å². The zero-order valence-electron chi connectivity index (χ0n) is 32.9. The molecule has 320 valence electrons. The number of hydrogen-bond donors (Lipinski definition) is 6. The van der Waals surface area contributed by atoms with Crippen molar-refractivity contribution in [2.45, 2.75) is 148 Å². The van der Waals surface area contributed by atoms with Gasteiger partial charge in [0.1, 0.15) is 12.7 Å². The van der Waals surface area contributed by atoms with E-state index in [9.17, 15) is 38.9 Å². The molecule has 0 rings (SSSR count). The van der Waals surface area contributed by atoms with Crippen LogP contribution in [0.2, 0.25) is 0 Å². The van der Waals surface area contributed by atoms with E-state index in [1.165, 1.54) is 25.7 Å². The zero-order chi connectivity index (χ0) is 41.4. The molecular weight excluding hydrogens is 758 g/mol. The molecule has 0 aliphatic rings. The van der Waals surface area contributed by atoms with E-state index in [1.807, 2.05) is 6.08 Å². The second-order valence-electron chi connectivity index (χ2n) is 13.7. The van der Waals surface area contributed by atoms with Gasteiger partial charge in [-0.1, -0.05) is 121 Å². The molecule has 0 radical (unpaired) electrons. The summed E-state index contributed by atoms with van der Waals surface area (Å²) < 4.78 is 47.3. The van der Waals surface area contributed by atoms with Crippen LogP contribution in [0.1, 0.15) is 124 Å². The lowest BCUT2D eigenvalue weighted by molar-refractivity contribution is -0.161. The van der Waals surface area contributed by atoms with Crippen LogP contribution in [0.25, 0.3) is 0 Å². The number of unbranched alkanes of at least 4 members (excludes halogenated alkanes) is 8. The minimum atomic E-state index is -4.89. The Bertz CT molecular complexity index is 1210. The van der Waals surface area contributed by atoms with Crippen molar-refractivity contribution in [2.75, 3.05) is 26.4 Å². The Balaban J connectivity index is 4.86. The van der Waals surface area contributed by atoms with E-state index in [0.717, 1.165) is 38.5 Å². The number of allylic oxidation sites excluding steroid dienone is 5. The highest BCUT2D eigenvalue weighted by molar-refractivity contribution is 7.47. The molecule has 0 aliphatic carbocycles. The first-order chi connectivity index (χ1) is 26.0. The Hall–Kier alpha value is -2.00. The summed E-state index contributed by atoms with van der Waals surface area (Å²) in [4.78, 5) is 52.4. The molecule has 0 aromatic heterocycles. The van der Waals surface area contributed by atoms with E-state index in [2.05, 4.69) is 35.9 Å². The lowest BCUT2D eigenvalue weighted by Crippen LogP contribution is -2.30. The SMILES string of the molecule is CCCCC/C=C\C[C@H](O)/C=C/C=C/C=C\[C@H](O)CCCC(=O)O[C@H](COC(=O)CCCCCCCCC(C)C)COP(=O)(O)OC[C@@H](O)COP(=O)(O)O. The van der Waals surface area contributed by atoms with E-state index in [0.29, 0.717) is 18.8 Å². The molecule has 0 aromatic carbocycles. The van der Waals surface area contributed by atoms with Crippen LogP contribution in [0.3, 0.4) is 0 Å². The largest absolute Gasteiger partial charge is 0.472 e. The summed E-state index contributed by atoms with van der Waals surface area (Å²) in [6.07, 6.45) is 22.2. The molecular formula is C38H68O15P2. The Morgan fingerprint density at radius 3 is 1.89 bits per heavy atom. The van der Waals surface area contributed by atoms with Gasteiger partial charge < -0.3 is 39.5 Å². The van der Waals surface area contributed by atoms with Gasteiger partial charge in [-0.15, -0.1) is 0 Å². The highest BCUT2D eigenvalue weighted by Gasteiger charge is 2.28. The summed E-state index contributed by atoms with van der Waals surface area (Å²) in [7, 11) is -9.76. The number of phosphoric acid groups is 2. The molecule has 0 bridgehead atoms. The van der Waals surface area contributed by atoms with Crippen LogP contribution in [-0.2, 0) is 41.8 Å². The molecule has 1 unspecified atom stereocenters. The number of aliphatic hydroxyl groups excluding tert-OH is 3. The van der Waals surface area contributed by atoms with E-state index >= 15 is 0 Å². The number of hydrogen-bond acceptors (Lipinski definition) is 12. The summed E-state index contributed by atoms with van der Waals surface area (Å²) >= 11 is 0. The standard InChI is InChI=1S/C38H68O15P2/c1-4-5-6-7-11-16-22-33(39)23-17-13-14-18-24-34(40)25-20-27-38(43)53-36(30-49-37(42)26-19-12-9-8-10-15-21-32(2)3)31-52-55(47,48)51-29-35(41)28-50-54(44,45)46/h11,13-14,16-18,23-24,32-36,39-41H,4-10,12,15,19-22,25-31H2,1-3H3,(H,47,48)(H2,44,45,46)/b14-13+,16-11-,23-17+,24-18-/t33-,34-,35-,36+/m0/s1. The fourth-order valence-electron chi connectivity index (χ4n) is 4.78. The Kier molecular flexibility index (Phi) is 31.8. The van der Waals surface area contributed by atoms with E-state index in [1.54, 1.807) is 36.5 Å². The van der Waals surface area contributed by atoms with E-state index in [-0.39, 0.29) is 25.7 Å². The van der Waals surface area contributed by atoms with E-state index < -0.39 is 78.4 Å². The van der Waals surface area contributed by atoms with Crippen molar-refractivity contribution in [1.29, 1.82) is 0 Å². The number of aliphatic hydroxyl groups is 3. The third-order valence-corrected chi connectivity index (χ3v) is 9.26. The average molecular weight is 827 g/mol. The molecule has 0 heterocycles. The Morgan fingerprint density at radius 1 is 0.636 bits per heavy atom. The van der Waals surface area contributed by atoms with E-state index in [4.69, 9.17) is 23.8 Å². The first-order valence-corrected chi connectivity index (χ1v) is 22.4. The van der Waals surface area contributed by atoms with Gasteiger partial charge in [0.2, 0.25) is 0 Å². The predicted molar refractivity (Wildman–Crippen MR) is 210 cm³/mol. The van der Waals surface area contributed by atoms with Gasteiger partial charge in [-0.3, -0.25) is 23.2 Å². The van der Waals surface area contributed by atoms with Gasteiger partial charge in [-0.2, -0.15) is 0 Å². The summed E-state index contributed by atoms with van der Waals surface area (Å²) in [5.41, 5.74) is 0. The van der Waals surface area contributed by atoms with Gasteiger partial charge in [-0.25, -0.2) is 9.13 Å². The Morgan fingerprint density at radius 2 is 1.24 bits per heavy atom. The first kappa shape index (κ1) is 53.0. The first-order valence-electron chi connectivity index (χ1n) is 19.4. The Labute approximate surface area is 327 Å². The van der Waals surface area contributed by atoms with Crippen molar-refractivity contribution < 1.29 is 71.8 Å². The molecule has 0 aromatic rings. The van der Waals surface area contributed by atoms with Crippen LogP contribution < -0.4 is 0 Å². The number of carbonyl (C=O) groups excluding carboxylic acids is 2. The number of carbonyl (C=O) groups is 2. The van der Waals surface area contributed by atoms with Crippen molar-refractivity contribution in [2.24, 2.45) is 5.92 Å². The van der Waals surface area contributed by atoms with Crippen LogP contribution >= 0.6 is 15.6 Å². The molecule has 15 nitrogen and oxygen atoms in total. The number of phosphoric ester groups is 2. The van der Waals surface area contributed by atoms with Crippen LogP contribution in [-0.4, -0.2) is 92.8 Å². The highest BCUT2D eigenvalue weighted by Crippen LogP contribution is 2.43. The molecule has 17 heteroatoms. The number of ether oxygens (including phenoxy) is 2. The average Bonchev–Trinajstić information content (AvgIpc) is 3.11. The zero-order valence-corrected chi connectivity index (χ0v) is 34.7. The summed E-state index contributed by atoms with van der Waals surface area (Å²) in [5.74, 6) is -0.604. The lowest BCUT2D eigenvalue weighted by atomic mass is 10.0. The van der Waals surface area contributed by atoms with Crippen molar-refractivity contribution in [3.05, 3.63) is 48.6 Å². The molecule has 55 heavy (non-hydrogen) atoms. The summed E-state index contributed by atoms with van der Waals surface area (Å²) in [6.45, 7) is 3.57. The summed E-state index contributed by atoms with van der Waals surface area (Å²) in [6, 6.07) is 0. The third kappa shape index (κ3) is 37.3. The lowest BCUT2D eigenvalue weighted by Gasteiger charge is -2.20. The molecule has 0 amide bonds. The number of esters is 2. The minimum Gasteiger partial charge on any atom is -0.462 e. The van der Waals surface area contributed by atoms with Crippen molar-refractivity contribution in [3.8, 4) is 0 Å². The van der Waals surface area contributed by atoms with Crippen molar-refractivity contribution in [1.82, 2.24) is 0 Å². The molecule has 0 fully saturated rings. The molecule has 6 N–H and O–H groups in total. The van der Waals surface area contributed by atoms with Gasteiger partial charge in [-0.05, 0) is 44.4 Å². The maximum absolute atomic E-state index is 12.6. The third-order valence-electron chi connectivity index (χ3n) is 7.83. The van der Waals surface area contributed by atoms with Gasteiger partial charge in [0.25, 0.3) is 0 Å². The number of rotatable bonds is 35. The van der Waals surface area contributed by atoms with Crippen LogP contribution in [0.5, 0.6) is 0 Å². The normalized spacial score (nSPS) is 16.0. The predicted octanol–water partition coefficient (Wildman–Crippen LogP) is 6.91. The highest BCUT2D eigenvalue weighted by atomic mass is 31.2. The molecule has 5 atom stereocenters. The smallest absolute Gasteiger partial charge is 0.462 e. The molecule has 0 spiro atoms. The minimum absolute atomic E-state index is 0.130. The topological polar surface area (TPSA) is 236 Å².